The van der Waals surface area contributed by atoms with Gasteiger partial charge in [-0.3, -0.25) is 4.79 Å². The van der Waals surface area contributed by atoms with E-state index in [-0.39, 0.29) is 18.0 Å². The quantitative estimate of drug-likeness (QED) is 0.752. The topological polar surface area (TPSA) is 95.7 Å². The summed E-state index contributed by atoms with van der Waals surface area (Å²) in [5.41, 5.74) is 6.99. The van der Waals surface area contributed by atoms with Crippen LogP contribution < -0.4 is 16.0 Å². The monoisotopic (exact) mass is 263 g/mol. The van der Waals surface area contributed by atoms with Crippen LogP contribution in [0.4, 0.5) is 11.4 Å². The highest BCUT2D eigenvalue weighted by atomic mass is 16.4. The first-order valence-electron chi connectivity index (χ1n) is 5.97. The van der Waals surface area contributed by atoms with Gasteiger partial charge in [-0.25, -0.2) is 4.79 Å². The zero-order valence-corrected chi connectivity index (χ0v) is 10.9. The third-order valence-electron chi connectivity index (χ3n) is 2.79. The van der Waals surface area contributed by atoms with Gasteiger partial charge in [-0.15, -0.1) is 0 Å². The summed E-state index contributed by atoms with van der Waals surface area (Å²) in [7, 11) is 0. The number of rotatable bonds is 3. The van der Waals surface area contributed by atoms with Gasteiger partial charge in [0, 0.05) is 12.1 Å². The fourth-order valence-corrected chi connectivity index (χ4v) is 2.13. The fraction of sp³-hybridized carbons (Fsp3) is 0.385. The number of amides is 1. The highest BCUT2D eigenvalue weighted by Gasteiger charge is 2.26. The standard InChI is InChI=1S/C13H17N3O3/c1-13(2,14)7-16-6-11(17)15-9-5-8(12(18)19)3-4-10(9)16/h3-5H,6-7,14H2,1-2H3,(H,15,17)(H,18,19). The van der Waals surface area contributed by atoms with E-state index in [1.165, 1.54) is 12.1 Å². The molecule has 4 N–H and O–H groups in total. The van der Waals surface area contributed by atoms with Crippen LogP contribution in [-0.2, 0) is 4.79 Å². The lowest BCUT2D eigenvalue weighted by atomic mass is 10.0. The molecule has 0 aromatic heterocycles. The van der Waals surface area contributed by atoms with Crippen LogP contribution in [0, 0.1) is 0 Å². The highest BCUT2D eigenvalue weighted by molar-refractivity contribution is 6.03. The number of hydrogen-bond acceptors (Lipinski definition) is 4. The Kier molecular flexibility index (Phi) is 3.20. The van der Waals surface area contributed by atoms with Crippen LogP contribution in [0.1, 0.15) is 24.2 Å². The van der Waals surface area contributed by atoms with E-state index >= 15 is 0 Å². The first kappa shape index (κ1) is 13.4. The van der Waals surface area contributed by atoms with E-state index in [0.29, 0.717) is 12.2 Å². The number of carbonyl (C=O) groups excluding carboxylic acids is 1. The van der Waals surface area contributed by atoms with Crippen molar-refractivity contribution in [3.05, 3.63) is 23.8 Å². The van der Waals surface area contributed by atoms with Gasteiger partial charge in [-0.1, -0.05) is 0 Å². The Labute approximate surface area is 111 Å². The van der Waals surface area contributed by atoms with E-state index in [1.807, 2.05) is 18.7 Å². The lowest BCUT2D eigenvalue weighted by Crippen LogP contribution is -2.49. The molecular formula is C13H17N3O3. The van der Waals surface area contributed by atoms with Gasteiger partial charge in [0.1, 0.15) is 0 Å². The van der Waals surface area contributed by atoms with Crippen molar-refractivity contribution < 1.29 is 14.7 Å². The summed E-state index contributed by atoms with van der Waals surface area (Å²) in [6.07, 6.45) is 0. The highest BCUT2D eigenvalue weighted by Crippen LogP contribution is 2.31. The molecule has 1 aliphatic rings. The number of carboxylic acid groups (broad SMARTS) is 1. The van der Waals surface area contributed by atoms with E-state index in [1.54, 1.807) is 6.07 Å². The Morgan fingerprint density at radius 2 is 2.21 bits per heavy atom. The number of carbonyl (C=O) groups is 2. The Morgan fingerprint density at radius 1 is 1.53 bits per heavy atom. The maximum absolute atomic E-state index is 11.7. The van der Waals surface area contributed by atoms with Gasteiger partial charge >= 0.3 is 5.97 Å². The number of nitrogens with two attached hydrogens (primary N) is 1. The Bertz CT molecular complexity index is 534. The molecule has 0 aliphatic carbocycles. The average Bonchev–Trinajstić information content (AvgIpc) is 2.25. The number of aromatic carboxylic acids is 1. The van der Waals surface area contributed by atoms with Gasteiger partial charge < -0.3 is 21.1 Å². The molecule has 1 aromatic rings. The third-order valence-corrected chi connectivity index (χ3v) is 2.79. The molecule has 0 atom stereocenters. The molecule has 1 aromatic carbocycles. The van der Waals surface area contributed by atoms with Crippen molar-refractivity contribution in [3.63, 3.8) is 0 Å². The molecule has 0 bridgehead atoms. The minimum absolute atomic E-state index is 0.146. The van der Waals surface area contributed by atoms with E-state index in [2.05, 4.69) is 5.32 Å². The van der Waals surface area contributed by atoms with Crippen LogP contribution in [0.2, 0.25) is 0 Å². The van der Waals surface area contributed by atoms with E-state index in [4.69, 9.17) is 10.8 Å². The van der Waals surface area contributed by atoms with Gasteiger partial charge in [0.25, 0.3) is 0 Å². The molecule has 0 fully saturated rings. The van der Waals surface area contributed by atoms with Crippen LogP contribution in [0.15, 0.2) is 18.2 Å². The van der Waals surface area contributed by atoms with Crippen LogP contribution >= 0.6 is 0 Å². The van der Waals surface area contributed by atoms with Gasteiger partial charge in [-0.05, 0) is 32.0 Å². The number of anilines is 2. The summed E-state index contributed by atoms with van der Waals surface area (Å²) in [6.45, 7) is 4.50. The fourth-order valence-electron chi connectivity index (χ4n) is 2.13. The molecule has 1 heterocycles. The first-order valence-corrected chi connectivity index (χ1v) is 5.97. The third kappa shape index (κ3) is 3.03. The van der Waals surface area contributed by atoms with Gasteiger partial charge in [0.05, 0.1) is 23.5 Å². The van der Waals surface area contributed by atoms with E-state index < -0.39 is 11.5 Å². The zero-order valence-electron chi connectivity index (χ0n) is 10.9. The predicted octanol–water partition coefficient (Wildman–Crippen LogP) is 0.881. The lowest BCUT2D eigenvalue weighted by molar-refractivity contribution is -0.115. The summed E-state index contributed by atoms with van der Waals surface area (Å²) >= 11 is 0. The van der Waals surface area contributed by atoms with Crippen molar-refractivity contribution in [2.75, 3.05) is 23.3 Å². The first-order chi connectivity index (χ1) is 8.76. The maximum Gasteiger partial charge on any atom is 0.335 e. The predicted molar refractivity (Wildman–Crippen MR) is 72.5 cm³/mol. The molecule has 0 unspecified atom stereocenters. The molecular weight excluding hydrogens is 246 g/mol. The minimum atomic E-state index is -1.02. The molecule has 0 spiro atoms. The van der Waals surface area contributed by atoms with Gasteiger partial charge in [-0.2, -0.15) is 0 Å². The zero-order chi connectivity index (χ0) is 14.2. The molecule has 102 valence electrons. The summed E-state index contributed by atoms with van der Waals surface area (Å²) < 4.78 is 0. The van der Waals surface area contributed by atoms with Crippen LogP contribution in [0.25, 0.3) is 0 Å². The summed E-state index contributed by atoms with van der Waals surface area (Å²) in [5.74, 6) is -1.19. The lowest BCUT2D eigenvalue weighted by Gasteiger charge is -2.35. The molecule has 6 heteroatoms. The van der Waals surface area contributed by atoms with E-state index in [9.17, 15) is 9.59 Å². The molecule has 19 heavy (non-hydrogen) atoms. The van der Waals surface area contributed by atoms with Crippen LogP contribution in [0.3, 0.4) is 0 Å². The summed E-state index contributed by atoms with van der Waals surface area (Å²) in [5, 5.41) is 11.6. The van der Waals surface area contributed by atoms with Crippen LogP contribution in [0.5, 0.6) is 0 Å². The number of fused-ring (bicyclic) bond motifs is 1. The van der Waals surface area contributed by atoms with Crippen molar-refractivity contribution in [1.29, 1.82) is 0 Å². The SMILES string of the molecule is CC(C)(N)CN1CC(=O)Nc2cc(C(=O)O)ccc21. The molecule has 0 radical (unpaired) electrons. The number of nitrogens with one attached hydrogen (secondary N) is 1. The normalized spacial score (nSPS) is 14.9. The number of benzene rings is 1. The Balaban J connectivity index is 2.38. The second-order valence-corrected chi connectivity index (χ2v) is 5.43. The van der Waals surface area contributed by atoms with Crippen molar-refractivity contribution >= 4 is 23.3 Å². The molecule has 2 rings (SSSR count). The van der Waals surface area contributed by atoms with Crippen LogP contribution in [-0.4, -0.2) is 35.6 Å². The summed E-state index contributed by atoms with van der Waals surface area (Å²) in [4.78, 5) is 24.5. The Morgan fingerprint density at radius 3 is 2.79 bits per heavy atom. The van der Waals surface area contributed by atoms with Crippen molar-refractivity contribution in [1.82, 2.24) is 0 Å². The van der Waals surface area contributed by atoms with E-state index in [0.717, 1.165) is 5.69 Å². The molecule has 0 saturated carbocycles. The number of nitrogens with zero attached hydrogens (tertiary/aromatic N) is 1. The molecule has 6 nitrogen and oxygen atoms in total. The molecule has 1 amide bonds. The molecule has 0 saturated heterocycles. The van der Waals surface area contributed by atoms with Gasteiger partial charge in [0.15, 0.2) is 0 Å². The second-order valence-electron chi connectivity index (χ2n) is 5.43. The van der Waals surface area contributed by atoms with Crippen molar-refractivity contribution in [2.24, 2.45) is 5.73 Å². The maximum atomic E-state index is 11.7. The average molecular weight is 263 g/mol. The largest absolute Gasteiger partial charge is 0.478 e. The molecule has 1 aliphatic heterocycles. The number of hydrogen-bond donors (Lipinski definition) is 3. The minimum Gasteiger partial charge on any atom is -0.478 e. The smallest absolute Gasteiger partial charge is 0.335 e. The van der Waals surface area contributed by atoms with Gasteiger partial charge in [0.2, 0.25) is 5.91 Å². The van der Waals surface area contributed by atoms with Crippen molar-refractivity contribution in [2.45, 2.75) is 19.4 Å². The van der Waals surface area contributed by atoms with Crippen molar-refractivity contribution in [3.8, 4) is 0 Å². The second kappa shape index (κ2) is 4.55. The number of carboxylic acids is 1. The Hall–Kier alpha value is -2.08. The summed E-state index contributed by atoms with van der Waals surface area (Å²) in [6, 6.07) is 4.68.